The first-order chi connectivity index (χ1) is 8.38. The third-order valence-electron chi connectivity index (χ3n) is 2.38. The van der Waals surface area contributed by atoms with E-state index in [4.69, 9.17) is 0 Å². The number of nitrogens with zero attached hydrogens (tertiary/aromatic N) is 4. The fourth-order valence-electron chi connectivity index (χ4n) is 1.54. The SMILES string of the molecule is CCCCCCn1nnc([N+](=O)[O-])c1C(F)(F)F. The standard InChI is InChI=1S/C9H13F3N4O2/c1-2-3-4-5-6-15-7(9(10,11)12)8(13-14-15)16(17)18/h2-6H2,1H3. The third-order valence-corrected chi connectivity index (χ3v) is 2.38. The van der Waals surface area contributed by atoms with E-state index in [1.54, 1.807) is 0 Å². The predicted molar refractivity (Wildman–Crippen MR) is 55.8 cm³/mol. The number of hydrogen-bond donors (Lipinski definition) is 0. The zero-order chi connectivity index (χ0) is 13.8. The maximum Gasteiger partial charge on any atom is 0.441 e. The first kappa shape index (κ1) is 14.4. The molecule has 0 aromatic carbocycles. The fourth-order valence-corrected chi connectivity index (χ4v) is 1.54. The largest absolute Gasteiger partial charge is 0.441 e. The lowest BCUT2D eigenvalue weighted by atomic mass is 10.2. The van der Waals surface area contributed by atoms with Crippen LogP contribution < -0.4 is 0 Å². The van der Waals surface area contributed by atoms with Gasteiger partial charge in [0.2, 0.25) is 5.69 Å². The minimum atomic E-state index is -4.82. The molecule has 0 N–H and O–H groups in total. The highest BCUT2D eigenvalue weighted by Crippen LogP contribution is 2.34. The molecule has 0 aliphatic carbocycles. The smallest absolute Gasteiger partial charge is 0.358 e. The first-order valence-electron chi connectivity index (χ1n) is 5.53. The highest BCUT2D eigenvalue weighted by atomic mass is 19.4. The first-order valence-corrected chi connectivity index (χ1v) is 5.53. The number of rotatable bonds is 6. The quantitative estimate of drug-likeness (QED) is 0.451. The molecule has 18 heavy (non-hydrogen) atoms. The van der Waals surface area contributed by atoms with E-state index in [0.29, 0.717) is 11.1 Å². The van der Waals surface area contributed by atoms with Gasteiger partial charge in [-0.1, -0.05) is 26.2 Å². The van der Waals surface area contributed by atoms with Gasteiger partial charge >= 0.3 is 12.0 Å². The van der Waals surface area contributed by atoms with Gasteiger partial charge in [-0.25, -0.2) is 4.68 Å². The van der Waals surface area contributed by atoms with Crippen molar-refractivity contribution in [2.45, 2.75) is 45.3 Å². The van der Waals surface area contributed by atoms with Crippen LogP contribution in [-0.2, 0) is 12.7 Å². The Labute approximate surface area is 101 Å². The molecule has 0 spiro atoms. The maximum absolute atomic E-state index is 12.7. The van der Waals surface area contributed by atoms with Crippen LogP contribution in [0.5, 0.6) is 0 Å². The van der Waals surface area contributed by atoms with Gasteiger partial charge in [-0.05, 0) is 11.3 Å². The van der Waals surface area contributed by atoms with Gasteiger partial charge in [0.1, 0.15) is 5.10 Å². The predicted octanol–water partition coefficient (Wildman–Crippen LogP) is 2.79. The lowest BCUT2D eigenvalue weighted by molar-refractivity contribution is -0.392. The summed E-state index contributed by atoms with van der Waals surface area (Å²) in [6, 6.07) is 0. The van der Waals surface area contributed by atoms with Crippen LogP contribution in [0.2, 0.25) is 0 Å². The zero-order valence-electron chi connectivity index (χ0n) is 9.77. The molecule has 0 radical (unpaired) electrons. The summed E-state index contributed by atoms with van der Waals surface area (Å²) in [5.74, 6) is -1.24. The van der Waals surface area contributed by atoms with E-state index in [9.17, 15) is 23.3 Å². The molecule has 0 saturated heterocycles. The molecular weight excluding hydrogens is 253 g/mol. The Morgan fingerprint density at radius 3 is 2.50 bits per heavy atom. The van der Waals surface area contributed by atoms with Crippen molar-refractivity contribution in [3.8, 4) is 0 Å². The van der Waals surface area contributed by atoms with Crippen LogP contribution in [0, 0.1) is 10.1 Å². The highest BCUT2D eigenvalue weighted by molar-refractivity contribution is 5.27. The second-order valence-electron chi connectivity index (χ2n) is 3.80. The zero-order valence-corrected chi connectivity index (χ0v) is 9.77. The van der Waals surface area contributed by atoms with E-state index in [1.807, 2.05) is 6.92 Å². The molecule has 1 heterocycles. The topological polar surface area (TPSA) is 73.8 Å². The van der Waals surface area contributed by atoms with Crippen molar-refractivity contribution in [3.63, 3.8) is 0 Å². The average molecular weight is 266 g/mol. The van der Waals surface area contributed by atoms with Crippen molar-refractivity contribution in [2.75, 3.05) is 0 Å². The molecule has 0 atom stereocenters. The molecule has 0 bridgehead atoms. The summed E-state index contributed by atoms with van der Waals surface area (Å²) in [5.41, 5.74) is -1.39. The summed E-state index contributed by atoms with van der Waals surface area (Å²) >= 11 is 0. The van der Waals surface area contributed by atoms with Crippen LogP contribution in [0.1, 0.15) is 38.3 Å². The molecule has 0 unspecified atom stereocenters. The number of aryl methyl sites for hydroxylation is 1. The molecular formula is C9H13F3N4O2. The minimum Gasteiger partial charge on any atom is -0.358 e. The van der Waals surface area contributed by atoms with Gasteiger partial charge in [-0.15, -0.1) is 0 Å². The van der Waals surface area contributed by atoms with Crippen molar-refractivity contribution < 1.29 is 18.1 Å². The molecule has 0 fully saturated rings. The van der Waals surface area contributed by atoms with E-state index >= 15 is 0 Å². The van der Waals surface area contributed by atoms with E-state index in [1.165, 1.54) is 0 Å². The number of nitro groups is 1. The van der Waals surface area contributed by atoms with Crippen molar-refractivity contribution in [1.82, 2.24) is 15.0 Å². The normalized spacial score (nSPS) is 11.8. The summed E-state index contributed by atoms with van der Waals surface area (Å²) in [4.78, 5) is 9.28. The van der Waals surface area contributed by atoms with Gasteiger partial charge in [0.05, 0.1) is 5.21 Å². The number of alkyl halides is 3. The second kappa shape index (κ2) is 5.78. The van der Waals surface area contributed by atoms with E-state index in [0.717, 1.165) is 19.3 Å². The number of halogens is 3. The Kier molecular flexibility index (Phi) is 4.62. The molecule has 6 nitrogen and oxygen atoms in total. The van der Waals surface area contributed by atoms with Gasteiger partial charge in [0.15, 0.2) is 0 Å². The second-order valence-corrected chi connectivity index (χ2v) is 3.80. The Morgan fingerprint density at radius 1 is 1.33 bits per heavy atom. The van der Waals surface area contributed by atoms with Crippen LogP contribution in [0.4, 0.5) is 19.0 Å². The summed E-state index contributed by atoms with van der Waals surface area (Å²) in [5, 5.41) is 16.6. The van der Waals surface area contributed by atoms with E-state index in [2.05, 4.69) is 10.3 Å². The van der Waals surface area contributed by atoms with Gasteiger partial charge in [-0.2, -0.15) is 13.2 Å². The maximum atomic E-state index is 12.7. The molecule has 1 aromatic rings. The molecule has 102 valence electrons. The molecule has 0 aliphatic heterocycles. The Hall–Kier alpha value is -1.67. The minimum absolute atomic E-state index is 0.0182. The van der Waals surface area contributed by atoms with Gasteiger partial charge in [0, 0.05) is 6.54 Å². The number of unbranched alkanes of at least 4 members (excludes halogenated alkanes) is 3. The van der Waals surface area contributed by atoms with Crippen LogP contribution in [-0.4, -0.2) is 19.9 Å². The van der Waals surface area contributed by atoms with Crippen LogP contribution in [0.25, 0.3) is 0 Å². The van der Waals surface area contributed by atoms with Gasteiger partial charge in [0.25, 0.3) is 0 Å². The summed E-state index contributed by atoms with van der Waals surface area (Å²) in [6.45, 7) is 1.96. The van der Waals surface area contributed by atoms with Crippen molar-refractivity contribution >= 4 is 5.82 Å². The van der Waals surface area contributed by atoms with Gasteiger partial charge < -0.3 is 10.1 Å². The molecule has 1 rings (SSSR count). The van der Waals surface area contributed by atoms with Crippen molar-refractivity contribution in [3.05, 3.63) is 15.8 Å². The summed E-state index contributed by atoms with van der Waals surface area (Å²) in [6.07, 6.45) is -1.74. The molecule has 9 heteroatoms. The summed E-state index contributed by atoms with van der Waals surface area (Å²) < 4.78 is 38.6. The summed E-state index contributed by atoms with van der Waals surface area (Å²) in [7, 11) is 0. The van der Waals surface area contributed by atoms with Gasteiger partial charge in [-0.3, -0.25) is 0 Å². The van der Waals surface area contributed by atoms with E-state index < -0.39 is 22.6 Å². The Bertz CT molecular complexity index is 416. The third kappa shape index (κ3) is 3.41. The highest BCUT2D eigenvalue weighted by Gasteiger charge is 2.45. The lowest BCUT2D eigenvalue weighted by Crippen LogP contribution is -2.16. The van der Waals surface area contributed by atoms with E-state index in [-0.39, 0.29) is 6.54 Å². The number of hydrogen-bond acceptors (Lipinski definition) is 4. The molecule has 1 aromatic heterocycles. The fraction of sp³-hybridized carbons (Fsp3) is 0.778. The monoisotopic (exact) mass is 266 g/mol. The molecule has 0 saturated carbocycles. The van der Waals surface area contributed by atoms with Crippen LogP contribution in [0.15, 0.2) is 0 Å². The molecule has 0 aliphatic rings. The Morgan fingerprint density at radius 2 is 2.00 bits per heavy atom. The van der Waals surface area contributed by atoms with Crippen molar-refractivity contribution in [2.24, 2.45) is 0 Å². The average Bonchev–Trinajstić information content (AvgIpc) is 2.68. The van der Waals surface area contributed by atoms with Crippen molar-refractivity contribution in [1.29, 1.82) is 0 Å². The number of aromatic nitrogens is 3. The molecule has 0 amide bonds. The van der Waals surface area contributed by atoms with Crippen LogP contribution >= 0.6 is 0 Å². The van der Waals surface area contributed by atoms with Crippen LogP contribution in [0.3, 0.4) is 0 Å². The Balaban J connectivity index is 2.88. The lowest BCUT2D eigenvalue weighted by Gasteiger charge is -2.07.